The van der Waals surface area contributed by atoms with E-state index in [0.29, 0.717) is 25.9 Å². The minimum absolute atomic E-state index is 0.0809. The van der Waals surface area contributed by atoms with Gasteiger partial charge >= 0.3 is 5.97 Å². The van der Waals surface area contributed by atoms with E-state index >= 15 is 0 Å². The Bertz CT molecular complexity index is 762. The first-order chi connectivity index (χ1) is 12.5. The number of sulfonamides is 1. The average molecular weight is 396 g/mol. The Morgan fingerprint density at radius 2 is 1.67 bits per heavy atom. The lowest BCUT2D eigenvalue weighted by atomic mass is 9.84. The smallest absolute Gasteiger partial charge is 0.309 e. The third-order valence-electron chi connectivity index (χ3n) is 5.47. The normalized spacial score (nSPS) is 17.1. The molecule has 152 valence electrons. The van der Waals surface area contributed by atoms with Crippen molar-refractivity contribution in [3.63, 3.8) is 0 Å². The van der Waals surface area contributed by atoms with Gasteiger partial charge in [0.25, 0.3) is 0 Å². The second kappa shape index (κ2) is 8.31. The number of esters is 1. The van der Waals surface area contributed by atoms with E-state index in [9.17, 15) is 13.2 Å². The molecule has 1 aromatic carbocycles. The van der Waals surface area contributed by atoms with Crippen LogP contribution in [-0.2, 0) is 31.6 Å². The molecule has 0 unspecified atom stereocenters. The molecule has 0 aromatic heterocycles. The van der Waals surface area contributed by atoms with Crippen LogP contribution in [0.3, 0.4) is 0 Å². The maximum absolute atomic E-state index is 12.5. The van der Waals surface area contributed by atoms with Crippen LogP contribution in [0.25, 0.3) is 0 Å². The second-order valence-corrected chi connectivity index (χ2v) is 10.8. The standard InChI is InChI=1S/C21H33NO4S/c1-7-27(24,25)22-10-8-17(9-11-22)20(23)26-14-19-15(2)12-18(13-16(19)3)21(4,5)6/h12-13,17H,7-11,14H2,1-6H3. The van der Waals surface area contributed by atoms with Crippen LogP contribution >= 0.6 is 0 Å². The molecular formula is C21H33NO4S. The van der Waals surface area contributed by atoms with Crippen LogP contribution in [0.2, 0.25) is 0 Å². The van der Waals surface area contributed by atoms with Gasteiger partial charge in [-0.1, -0.05) is 32.9 Å². The van der Waals surface area contributed by atoms with Gasteiger partial charge in [0.15, 0.2) is 0 Å². The van der Waals surface area contributed by atoms with Crippen LogP contribution in [0.4, 0.5) is 0 Å². The summed E-state index contributed by atoms with van der Waals surface area (Å²) in [4.78, 5) is 12.5. The number of benzene rings is 1. The third kappa shape index (κ3) is 5.32. The highest BCUT2D eigenvalue weighted by atomic mass is 32.2. The predicted molar refractivity (Wildman–Crippen MR) is 108 cm³/mol. The van der Waals surface area contributed by atoms with Crippen molar-refractivity contribution in [3.05, 3.63) is 34.4 Å². The van der Waals surface area contributed by atoms with Crippen LogP contribution in [0, 0.1) is 19.8 Å². The molecular weight excluding hydrogens is 362 g/mol. The van der Waals surface area contributed by atoms with Gasteiger partial charge in [0.1, 0.15) is 6.61 Å². The van der Waals surface area contributed by atoms with Gasteiger partial charge in [-0.2, -0.15) is 0 Å². The van der Waals surface area contributed by atoms with Crippen LogP contribution in [0.1, 0.15) is 62.8 Å². The lowest BCUT2D eigenvalue weighted by Crippen LogP contribution is -2.41. The molecule has 1 saturated heterocycles. The highest BCUT2D eigenvalue weighted by Gasteiger charge is 2.31. The highest BCUT2D eigenvalue weighted by Crippen LogP contribution is 2.28. The van der Waals surface area contributed by atoms with Crippen molar-refractivity contribution in [1.29, 1.82) is 0 Å². The molecule has 1 aliphatic rings. The average Bonchev–Trinajstić information content (AvgIpc) is 2.60. The van der Waals surface area contributed by atoms with Gasteiger partial charge < -0.3 is 4.74 Å². The molecule has 0 aliphatic carbocycles. The molecule has 0 spiro atoms. The number of rotatable bonds is 5. The quantitative estimate of drug-likeness (QED) is 0.713. The van der Waals surface area contributed by atoms with Crippen LogP contribution < -0.4 is 0 Å². The fourth-order valence-electron chi connectivity index (χ4n) is 3.47. The van der Waals surface area contributed by atoms with E-state index in [1.54, 1.807) is 6.92 Å². The molecule has 27 heavy (non-hydrogen) atoms. The molecule has 1 heterocycles. The van der Waals surface area contributed by atoms with Crippen LogP contribution in [0.5, 0.6) is 0 Å². The van der Waals surface area contributed by atoms with Crippen molar-refractivity contribution < 1.29 is 17.9 Å². The minimum atomic E-state index is -3.17. The number of ether oxygens (including phenoxy) is 1. The maximum atomic E-state index is 12.5. The zero-order valence-corrected chi connectivity index (χ0v) is 18.3. The van der Waals surface area contributed by atoms with Crippen molar-refractivity contribution in [2.45, 2.75) is 66.4 Å². The Morgan fingerprint density at radius 1 is 1.15 bits per heavy atom. The van der Waals surface area contributed by atoms with Gasteiger partial charge in [0, 0.05) is 13.1 Å². The topological polar surface area (TPSA) is 63.7 Å². The first kappa shape index (κ1) is 21.9. The van der Waals surface area contributed by atoms with E-state index < -0.39 is 10.0 Å². The largest absolute Gasteiger partial charge is 0.461 e. The van der Waals surface area contributed by atoms with Gasteiger partial charge in [-0.3, -0.25) is 4.79 Å². The number of piperidine rings is 1. The van der Waals surface area contributed by atoms with Crippen molar-refractivity contribution in [2.24, 2.45) is 5.92 Å². The van der Waals surface area contributed by atoms with Gasteiger partial charge in [0.2, 0.25) is 10.0 Å². The predicted octanol–water partition coefficient (Wildman–Crippen LogP) is 3.71. The molecule has 0 radical (unpaired) electrons. The molecule has 2 rings (SSSR count). The van der Waals surface area contributed by atoms with Crippen LogP contribution in [0.15, 0.2) is 12.1 Å². The number of aryl methyl sites for hydroxylation is 2. The van der Waals surface area contributed by atoms with E-state index in [1.165, 1.54) is 9.87 Å². The van der Waals surface area contributed by atoms with Crippen LogP contribution in [-0.4, -0.2) is 37.5 Å². The summed E-state index contributed by atoms with van der Waals surface area (Å²) in [5.74, 6) is -0.337. The van der Waals surface area contributed by atoms with Gasteiger partial charge in [-0.05, 0) is 61.3 Å². The molecule has 0 bridgehead atoms. The molecule has 5 nitrogen and oxygen atoms in total. The zero-order chi connectivity index (χ0) is 20.4. The van der Waals surface area contributed by atoms with Gasteiger partial charge in [-0.25, -0.2) is 12.7 Å². The Kier molecular flexibility index (Phi) is 6.74. The summed E-state index contributed by atoms with van der Waals surface area (Å²) in [5.41, 5.74) is 4.69. The van der Waals surface area contributed by atoms with E-state index in [-0.39, 0.29) is 29.7 Å². The monoisotopic (exact) mass is 395 g/mol. The first-order valence-electron chi connectivity index (χ1n) is 9.70. The van der Waals surface area contributed by atoms with Gasteiger partial charge in [-0.15, -0.1) is 0 Å². The number of nitrogens with zero attached hydrogens (tertiary/aromatic N) is 1. The molecule has 0 amide bonds. The van der Waals surface area contributed by atoms with Gasteiger partial charge in [0.05, 0.1) is 11.7 Å². The summed E-state index contributed by atoms with van der Waals surface area (Å²) in [6.07, 6.45) is 1.05. The second-order valence-electron chi connectivity index (χ2n) is 8.52. The fraction of sp³-hybridized carbons (Fsp3) is 0.667. The molecule has 1 aromatic rings. The first-order valence-corrected chi connectivity index (χ1v) is 11.3. The SMILES string of the molecule is CCS(=O)(=O)N1CCC(C(=O)OCc2c(C)cc(C(C)(C)C)cc2C)CC1. The summed E-state index contributed by atoms with van der Waals surface area (Å²) >= 11 is 0. The molecule has 0 saturated carbocycles. The van der Waals surface area contributed by atoms with E-state index in [1.807, 2.05) is 0 Å². The minimum Gasteiger partial charge on any atom is -0.461 e. The maximum Gasteiger partial charge on any atom is 0.309 e. The number of hydrogen-bond acceptors (Lipinski definition) is 4. The number of carbonyl (C=O) groups excluding carboxylic acids is 1. The Morgan fingerprint density at radius 3 is 2.11 bits per heavy atom. The summed E-state index contributed by atoms with van der Waals surface area (Å²) < 4.78 is 30.9. The van der Waals surface area contributed by atoms with E-state index in [4.69, 9.17) is 4.74 Å². The third-order valence-corrected chi connectivity index (χ3v) is 7.35. The van der Waals surface area contributed by atoms with Crippen molar-refractivity contribution in [3.8, 4) is 0 Å². The summed E-state index contributed by atoms with van der Waals surface area (Å²) in [5, 5.41) is 0. The summed E-state index contributed by atoms with van der Waals surface area (Å²) in [6.45, 7) is 13.4. The van der Waals surface area contributed by atoms with Crippen molar-refractivity contribution in [1.82, 2.24) is 4.31 Å². The Hall–Kier alpha value is -1.40. The molecule has 6 heteroatoms. The number of carbonyl (C=O) groups is 1. The Balaban J connectivity index is 1.97. The lowest BCUT2D eigenvalue weighted by Gasteiger charge is -2.30. The Labute approximate surface area is 164 Å². The van der Waals surface area contributed by atoms with E-state index in [0.717, 1.165) is 16.7 Å². The molecule has 1 aliphatic heterocycles. The lowest BCUT2D eigenvalue weighted by molar-refractivity contribution is -0.151. The van der Waals surface area contributed by atoms with Crippen molar-refractivity contribution in [2.75, 3.05) is 18.8 Å². The highest BCUT2D eigenvalue weighted by molar-refractivity contribution is 7.89. The van der Waals surface area contributed by atoms with Crippen molar-refractivity contribution >= 4 is 16.0 Å². The zero-order valence-electron chi connectivity index (χ0n) is 17.5. The fourth-order valence-corrected chi connectivity index (χ4v) is 4.60. The summed E-state index contributed by atoms with van der Waals surface area (Å²) in [6, 6.07) is 4.34. The molecule has 0 atom stereocenters. The molecule has 1 fully saturated rings. The summed E-state index contributed by atoms with van der Waals surface area (Å²) in [7, 11) is -3.17. The molecule has 0 N–H and O–H groups in total. The number of hydrogen-bond donors (Lipinski definition) is 0. The van der Waals surface area contributed by atoms with E-state index in [2.05, 4.69) is 46.8 Å².